The van der Waals surface area contributed by atoms with E-state index in [0.717, 1.165) is 22.8 Å². The summed E-state index contributed by atoms with van der Waals surface area (Å²) in [6.45, 7) is 0. The van der Waals surface area contributed by atoms with E-state index in [1.54, 1.807) is 6.20 Å². The number of aromatic nitrogens is 3. The van der Waals surface area contributed by atoms with E-state index in [4.69, 9.17) is 0 Å². The molecule has 0 fully saturated rings. The molecule has 2 aromatic heterocycles. The Morgan fingerprint density at radius 2 is 1.65 bits per heavy atom. The first-order chi connectivity index (χ1) is 9.86. The molecule has 0 saturated carbocycles. The number of benzene rings is 1. The van der Waals surface area contributed by atoms with Gasteiger partial charge in [-0.1, -0.05) is 36.4 Å². The SMILES string of the molecule is CNc1cc(-c2ccccc2)nc(-c2ccccn2)n1. The van der Waals surface area contributed by atoms with Gasteiger partial charge in [0.1, 0.15) is 11.5 Å². The first-order valence-electron chi connectivity index (χ1n) is 6.40. The van der Waals surface area contributed by atoms with Crippen LogP contribution in [0.3, 0.4) is 0 Å². The van der Waals surface area contributed by atoms with Crippen molar-refractivity contribution in [3.05, 3.63) is 60.8 Å². The lowest BCUT2D eigenvalue weighted by atomic mass is 10.1. The second-order valence-electron chi connectivity index (χ2n) is 4.29. The lowest BCUT2D eigenvalue weighted by Crippen LogP contribution is -1.99. The lowest BCUT2D eigenvalue weighted by molar-refractivity contribution is 1.14. The van der Waals surface area contributed by atoms with Crippen LogP contribution in [0.1, 0.15) is 0 Å². The highest BCUT2D eigenvalue weighted by Gasteiger charge is 2.08. The molecule has 0 aliphatic rings. The smallest absolute Gasteiger partial charge is 0.180 e. The molecule has 1 N–H and O–H groups in total. The maximum absolute atomic E-state index is 4.61. The molecule has 0 aliphatic carbocycles. The van der Waals surface area contributed by atoms with Crippen LogP contribution in [0.2, 0.25) is 0 Å². The van der Waals surface area contributed by atoms with Crippen LogP contribution in [0.25, 0.3) is 22.8 Å². The van der Waals surface area contributed by atoms with Crippen LogP contribution in [-0.4, -0.2) is 22.0 Å². The molecule has 0 saturated heterocycles. The fourth-order valence-electron chi connectivity index (χ4n) is 1.94. The average Bonchev–Trinajstić information content (AvgIpc) is 2.56. The summed E-state index contributed by atoms with van der Waals surface area (Å²) in [6.07, 6.45) is 1.74. The summed E-state index contributed by atoms with van der Waals surface area (Å²) < 4.78 is 0. The molecule has 0 spiro atoms. The van der Waals surface area contributed by atoms with Crippen LogP contribution in [0.15, 0.2) is 60.8 Å². The van der Waals surface area contributed by atoms with Gasteiger partial charge in [0.25, 0.3) is 0 Å². The lowest BCUT2D eigenvalue weighted by Gasteiger charge is -2.07. The molecule has 2 heterocycles. The van der Waals surface area contributed by atoms with Crippen molar-refractivity contribution in [3.63, 3.8) is 0 Å². The van der Waals surface area contributed by atoms with Crippen molar-refractivity contribution in [1.82, 2.24) is 15.0 Å². The van der Waals surface area contributed by atoms with Crippen LogP contribution in [0.5, 0.6) is 0 Å². The Kier molecular flexibility index (Phi) is 3.37. The highest BCUT2D eigenvalue weighted by molar-refractivity contribution is 5.66. The minimum atomic E-state index is 0.622. The second kappa shape index (κ2) is 5.48. The molecule has 98 valence electrons. The van der Waals surface area contributed by atoms with E-state index in [-0.39, 0.29) is 0 Å². The second-order valence-corrected chi connectivity index (χ2v) is 4.29. The maximum Gasteiger partial charge on any atom is 0.180 e. The molecule has 1 aromatic carbocycles. The van der Waals surface area contributed by atoms with Gasteiger partial charge in [-0.2, -0.15) is 0 Å². The van der Waals surface area contributed by atoms with Gasteiger partial charge in [-0.05, 0) is 12.1 Å². The molecule has 4 heteroatoms. The summed E-state index contributed by atoms with van der Waals surface area (Å²) in [5, 5.41) is 3.07. The molecular formula is C16H14N4. The van der Waals surface area contributed by atoms with Crippen LogP contribution >= 0.6 is 0 Å². The molecule has 0 unspecified atom stereocenters. The standard InChI is InChI=1S/C16H14N4/c1-17-15-11-14(12-7-3-2-4-8-12)19-16(20-15)13-9-5-6-10-18-13/h2-11H,1H3,(H,17,19,20). The summed E-state index contributed by atoms with van der Waals surface area (Å²) in [6, 6.07) is 17.7. The van der Waals surface area contributed by atoms with Crippen molar-refractivity contribution in [2.75, 3.05) is 12.4 Å². The van der Waals surface area contributed by atoms with E-state index in [1.807, 2.05) is 61.6 Å². The normalized spacial score (nSPS) is 10.2. The fourth-order valence-corrected chi connectivity index (χ4v) is 1.94. The first kappa shape index (κ1) is 12.3. The summed E-state index contributed by atoms with van der Waals surface area (Å²) in [4.78, 5) is 13.4. The van der Waals surface area contributed by atoms with E-state index >= 15 is 0 Å². The fraction of sp³-hybridized carbons (Fsp3) is 0.0625. The molecule has 20 heavy (non-hydrogen) atoms. The summed E-state index contributed by atoms with van der Waals surface area (Å²) in [5.74, 6) is 1.40. The van der Waals surface area contributed by atoms with E-state index in [9.17, 15) is 0 Å². The number of hydrogen-bond acceptors (Lipinski definition) is 4. The molecule has 0 amide bonds. The molecule has 4 nitrogen and oxygen atoms in total. The van der Waals surface area contributed by atoms with Crippen LogP contribution in [0, 0.1) is 0 Å². The molecule has 0 radical (unpaired) electrons. The Hall–Kier alpha value is -2.75. The molecule has 0 bridgehead atoms. The maximum atomic E-state index is 4.61. The van der Waals surface area contributed by atoms with Gasteiger partial charge in [-0.15, -0.1) is 0 Å². The van der Waals surface area contributed by atoms with Crippen molar-refractivity contribution >= 4 is 5.82 Å². The van der Waals surface area contributed by atoms with Crippen LogP contribution in [0.4, 0.5) is 5.82 Å². The van der Waals surface area contributed by atoms with E-state index in [0.29, 0.717) is 5.82 Å². The quantitative estimate of drug-likeness (QED) is 0.787. The van der Waals surface area contributed by atoms with Gasteiger partial charge >= 0.3 is 0 Å². The minimum absolute atomic E-state index is 0.622. The third kappa shape index (κ3) is 2.49. The Balaban J connectivity index is 2.13. The van der Waals surface area contributed by atoms with Gasteiger partial charge in [-0.25, -0.2) is 9.97 Å². The summed E-state index contributed by atoms with van der Waals surface area (Å²) in [5.41, 5.74) is 2.70. The van der Waals surface area contributed by atoms with Crippen LogP contribution in [-0.2, 0) is 0 Å². The molecule has 0 aliphatic heterocycles. The summed E-state index contributed by atoms with van der Waals surface area (Å²) in [7, 11) is 1.85. The van der Waals surface area contributed by atoms with Crippen molar-refractivity contribution in [2.24, 2.45) is 0 Å². The molecule has 3 aromatic rings. The third-order valence-electron chi connectivity index (χ3n) is 2.95. The zero-order valence-corrected chi connectivity index (χ0v) is 11.1. The zero-order chi connectivity index (χ0) is 13.8. The third-order valence-corrected chi connectivity index (χ3v) is 2.95. The van der Waals surface area contributed by atoms with E-state index in [1.165, 1.54) is 0 Å². The van der Waals surface area contributed by atoms with Gasteiger partial charge in [0.2, 0.25) is 0 Å². The number of pyridine rings is 1. The zero-order valence-electron chi connectivity index (χ0n) is 11.1. The predicted octanol–water partition coefficient (Wildman–Crippen LogP) is 3.25. The topological polar surface area (TPSA) is 50.7 Å². The summed E-state index contributed by atoms with van der Waals surface area (Å²) >= 11 is 0. The van der Waals surface area contributed by atoms with Crippen molar-refractivity contribution in [1.29, 1.82) is 0 Å². The number of anilines is 1. The highest BCUT2D eigenvalue weighted by Crippen LogP contribution is 2.22. The molecule has 3 rings (SSSR count). The number of rotatable bonds is 3. The van der Waals surface area contributed by atoms with Crippen LogP contribution < -0.4 is 5.32 Å². The number of nitrogens with one attached hydrogen (secondary N) is 1. The van der Waals surface area contributed by atoms with Gasteiger partial charge < -0.3 is 5.32 Å². The first-order valence-corrected chi connectivity index (χ1v) is 6.40. The Morgan fingerprint density at radius 3 is 2.35 bits per heavy atom. The number of hydrogen-bond donors (Lipinski definition) is 1. The molecular weight excluding hydrogens is 248 g/mol. The van der Waals surface area contributed by atoms with Gasteiger partial charge in [0.15, 0.2) is 5.82 Å². The predicted molar refractivity (Wildman–Crippen MR) is 80.2 cm³/mol. The van der Waals surface area contributed by atoms with Crippen molar-refractivity contribution in [2.45, 2.75) is 0 Å². The highest BCUT2D eigenvalue weighted by atomic mass is 15.0. The molecule has 0 atom stereocenters. The average molecular weight is 262 g/mol. The minimum Gasteiger partial charge on any atom is -0.373 e. The van der Waals surface area contributed by atoms with Crippen molar-refractivity contribution in [3.8, 4) is 22.8 Å². The Bertz CT molecular complexity index is 638. The van der Waals surface area contributed by atoms with E-state index in [2.05, 4.69) is 20.3 Å². The van der Waals surface area contributed by atoms with E-state index < -0.39 is 0 Å². The number of nitrogens with zero attached hydrogens (tertiary/aromatic N) is 3. The van der Waals surface area contributed by atoms with Gasteiger partial charge in [0.05, 0.1) is 5.69 Å². The van der Waals surface area contributed by atoms with Crippen molar-refractivity contribution < 1.29 is 0 Å². The van der Waals surface area contributed by atoms with Gasteiger partial charge in [0, 0.05) is 24.9 Å². The van der Waals surface area contributed by atoms with Gasteiger partial charge in [-0.3, -0.25) is 4.98 Å². The Labute approximate surface area is 117 Å². The Morgan fingerprint density at radius 1 is 0.850 bits per heavy atom. The monoisotopic (exact) mass is 262 g/mol. The largest absolute Gasteiger partial charge is 0.373 e.